The topological polar surface area (TPSA) is 71.8 Å². The molecular formula is C18H15N3O2S2. The van der Waals surface area contributed by atoms with Crippen LogP contribution < -0.4 is 5.63 Å². The third-order valence-corrected chi connectivity index (χ3v) is 5.55. The maximum absolute atomic E-state index is 11.8. The van der Waals surface area contributed by atoms with Crippen molar-refractivity contribution in [1.29, 1.82) is 0 Å². The predicted molar refractivity (Wildman–Crippen MR) is 100 cm³/mol. The van der Waals surface area contributed by atoms with Crippen molar-refractivity contribution in [3.8, 4) is 0 Å². The molecule has 0 atom stereocenters. The molecule has 25 heavy (non-hydrogen) atoms. The van der Waals surface area contributed by atoms with E-state index in [-0.39, 0.29) is 5.63 Å². The van der Waals surface area contributed by atoms with Crippen LogP contribution in [0.4, 0.5) is 0 Å². The standard InChI is InChI=1S/C18H15N3O2S2/c1-11-4-5-14-12(8-17(22)23-15(14)7-11)10-25-18-19-16(20-21-18)9-13-3-2-6-24-13/h2-8H,9-10H2,1H3,(H,19,20,21). The molecule has 0 saturated heterocycles. The molecule has 0 bridgehead atoms. The average Bonchev–Trinajstić information content (AvgIpc) is 3.24. The van der Waals surface area contributed by atoms with Crippen LogP contribution in [0.2, 0.25) is 0 Å². The molecule has 0 fully saturated rings. The molecule has 0 radical (unpaired) electrons. The summed E-state index contributed by atoms with van der Waals surface area (Å²) >= 11 is 3.21. The molecule has 0 saturated carbocycles. The Kier molecular flexibility index (Phi) is 4.42. The van der Waals surface area contributed by atoms with E-state index in [2.05, 4.69) is 26.6 Å². The average molecular weight is 369 g/mol. The Morgan fingerprint density at radius 1 is 1.28 bits per heavy atom. The van der Waals surface area contributed by atoms with E-state index in [9.17, 15) is 4.79 Å². The fraction of sp³-hybridized carbons (Fsp3) is 0.167. The van der Waals surface area contributed by atoms with E-state index >= 15 is 0 Å². The number of hydrogen-bond donors (Lipinski definition) is 1. The number of hydrogen-bond acceptors (Lipinski definition) is 6. The maximum atomic E-state index is 11.8. The van der Waals surface area contributed by atoms with Crippen LogP contribution in [0.3, 0.4) is 0 Å². The van der Waals surface area contributed by atoms with Gasteiger partial charge in [-0.15, -0.1) is 16.4 Å². The van der Waals surface area contributed by atoms with E-state index in [0.717, 1.165) is 28.8 Å². The van der Waals surface area contributed by atoms with Gasteiger partial charge in [0.05, 0.1) is 0 Å². The van der Waals surface area contributed by atoms with Crippen molar-refractivity contribution in [3.05, 3.63) is 74.0 Å². The van der Waals surface area contributed by atoms with Crippen LogP contribution in [0.15, 0.2) is 56.1 Å². The predicted octanol–water partition coefficient (Wildman–Crippen LogP) is 4.16. The number of aromatic nitrogens is 3. The number of thiophene rings is 1. The second kappa shape index (κ2) is 6.85. The lowest BCUT2D eigenvalue weighted by Crippen LogP contribution is -2.00. The van der Waals surface area contributed by atoms with E-state index in [0.29, 0.717) is 16.5 Å². The Hall–Kier alpha value is -2.38. The first-order valence-corrected chi connectivity index (χ1v) is 9.64. The van der Waals surface area contributed by atoms with Gasteiger partial charge in [-0.3, -0.25) is 5.10 Å². The SMILES string of the molecule is Cc1ccc2c(CSc3n[nH]c(Cc4cccs4)n3)cc(=O)oc2c1. The van der Waals surface area contributed by atoms with Gasteiger partial charge in [0, 0.05) is 28.5 Å². The molecule has 0 aliphatic rings. The van der Waals surface area contributed by atoms with Gasteiger partial charge in [0.2, 0.25) is 5.16 Å². The first-order valence-electron chi connectivity index (χ1n) is 7.77. The van der Waals surface area contributed by atoms with E-state index in [1.165, 1.54) is 16.6 Å². The number of nitrogens with zero attached hydrogens (tertiary/aromatic N) is 2. The minimum absolute atomic E-state index is 0.331. The molecule has 5 nitrogen and oxygen atoms in total. The minimum Gasteiger partial charge on any atom is -0.423 e. The number of benzene rings is 1. The van der Waals surface area contributed by atoms with Gasteiger partial charge in [-0.1, -0.05) is 30.0 Å². The normalized spacial score (nSPS) is 11.2. The molecule has 1 aromatic carbocycles. The van der Waals surface area contributed by atoms with E-state index < -0.39 is 0 Å². The molecule has 0 spiro atoms. The first-order chi connectivity index (χ1) is 12.2. The second-order valence-electron chi connectivity index (χ2n) is 5.70. The number of fused-ring (bicyclic) bond motifs is 1. The maximum Gasteiger partial charge on any atom is 0.336 e. The van der Waals surface area contributed by atoms with Gasteiger partial charge in [-0.2, -0.15) is 0 Å². The van der Waals surface area contributed by atoms with Gasteiger partial charge in [0.15, 0.2) is 0 Å². The van der Waals surface area contributed by atoms with Gasteiger partial charge >= 0.3 is 5.63 Å². The molecule has 0 aliphatic heterocycles. The summed E-state index contributed by atoms with van der Waals surface area (Å²) in [5.74, 6) is 1.46. The van der Waals surface area contributed by atoms with Crippen molar-refractivity contribution in [2.24, 2.45) is 0 Å². The number of H-pyrrole nitrogens is 1. The quantitative estimate of drug-likeness (QED) is 0.422. The van der Waals surface area contributed by atoms with E-state index in [1.807, 2.05) is 31.2 Å². The lowest BCUT2D eigenvalue weighted by Gasteiger charge is -2.04. The number of thioether (sulfide) groups is 1. The highest BCUT2D eigenvalue weighted by Crippen LogP contribution is 2.25. The lowest BCUT2D eigenvalue weighted by molar-refractivity contribution is 0.559. The highest BCUT2D eigenvalue weighted by atomic mass is 32.2. The summed E-state index contributed by atoms with van der Waals surface area (Å²) in [6.45, 7) is 1.98. The Morgan fingerprint density at radius 3 is 3.04 bits per heavy atom. The molecule has 0 aliphatic carbocycles. The van der Waals surface area contributed by atoms with Gasteiger partial charge < -0.3 is 4.42 Å². The summed E-state index contributed by atoms with van der Waals surface area (Å²) in [5, 5.41) is 10.9. The van der Waals surface area contributed by atoms with Gasteiger partial charge in [-0.25, -0.2) is 9.78 Å². The Balaban J connectivity index is 1.53. The third kappa shape index (κ3) is 3.67. The molecular weight excluding hydrogens is 354 g/mol. The highest BCUT2D eigenvalue weighted by Gasteiger charge is 2.10. The van der Waals surface area contributed by atoms with Crippen molar-refractivity contribution < 1.29 is 4.42 Å². The Bertz CT molecular complexity index is 1070. The molecule has 7 heteroatoms. The fourth-order valence-electron chi connectivity index (χ4n) is 2.60. The van der Waals surface area contributed by atoms with Crippen LogP contribution in [-0.2, 0) is 12.2 Å². The molecule has 0 unspecified atom stereocenters. The van der Waals surface area contributed by atoms with E-state index in [4.69, 9.17) is 4.42 Å². The summed E-state index contributed by atoms with van der Waals surface area (Å²) < 4.78 is 5.30. The van der Waals surface area contributed by atoms with Crippen molar-refractivity contribution in [2.75, 3.05) is 0 Å². The zero-order valence-corrected chi connectivity index (χ0v) is 15.1. The molecule has 3 heterocycles. The molecule has 4 rings (SSSR count). The molecule has 4 aromatic rings. The van der Waals surface area contributed by atoms with Crippen molar-refractivity contribution in [2.45, 2.75) is 24.3 Å². The first kappa shape index (κ1) is 16.1. The van der Waals surface area contributed by atoms with Gasteiger partial charge in [0.25, 0.3) is 0 Å². The zero-order valence-electron chi connectivity index (χ0n) is 13.5. The Labute approximate surface area is 152 Å². The van der Waals surface area contributed by atoms with E-state index in [1.54, 1.807) is 17.4 Å². The third-order valence-electron chi connectivity index (χ3n) is 3.78. The van der Waals surface area contributed by atoms with Crippen LogP contribution >= 0.6 is 23.1 Å². The molecule has 126 valence electrons. The summed E-state index contributed by atoms with van der Waals surface area (Å²) in [4.78, 5) is 17.6. The van der Waals surface area contributed by atoms with Crippen LogP contribution in [-0.4, -0.2) is 15.2 Å². The zero-order chi connectivity index (χ0) is 17.2. The van der Waals surface area contributed by atoms with Crippen LogP contribution in [0.25, 0.3) is 11.0 Å². The summed E-state index contributed by atoms with van der Waals surface area (Å²) in [6, 6.07) is 11.5. The molecule has 0 amide bonds. The number of rotatable bonds is 5. The van der Waals surface area contributed by atoms with Crippen molar-refractivity contribution in [1.82, 2.24) is 15.2 Å². The van der Waals surface area contributed by atoms with Gasteiger partial charge in [0.1, 0.15) is 11.4 Å². The highest BCUT2D eigenvalue weighted by molar-refractivity contribution is 7.98. The van der Waals surface area contributed by atoms with Crippen LogP contribution in [0.1, 0.15) is 21.8 Å². The summed E-state index contributed by atoms with van der Waals surface area (Å²) in [7, 11) is 0. The monoisotopic (exact) mass is 369 g/mol. The Morgan fingerprint density at radius 2 is 2.20 bits per heavy atom. The van der Waals surface area contributed by atoms with Crippen molar-refractivity contribution >= 4 is 34.1 Å². The fourth-order valence-corrected chi connectivity index (χ4v) is 4.12. The van der Waals surface area contributed by atoms with Crippen molar-refractivity contribution in [3.63, 3.8) is 0 Å². The second-order valence-corrected chi connectivity index (χ2v) is 7.67. The molecule has 1 N–H and O–H groups in total. The largest absolute Gasteiger partial charge is 0.423 e. The van der Waals surface area contributed by atoms with Crippen LogP contribution in [0, 0.1) is 6.92 Å². The number of aromatic amines is 1. The number of aryl methyl sites for hydroxylation is 1. The summed E-state index contributed by atoms with van der Waals surface area (Å²) in [5.41, 5.74) is 2.28. The van der Waals surface area contributed by atoms with Gasteiger partial charge in [-0.05, 0) is 35.6 Å². The lowest BCUT2D eigenvalue weighted by atomic mass is 10.1. The number of nitrogens with one attached hydrogen (secondary N) is 1. The molecule has 3 aromatic heterocycles. The minimum atomic E-state index is -0.331. The smallest absolute Gasteiger partial charge is 0.336 e. The summed E-state index contributed by atoms with van der Waals surface area (Å²) in [6.07, 6.45) is 0.752. The van der Waals surface area contributed by atoms with Crippen LogP contribution in [0.5, 0.6) is 0 Å².